The number of nitriles is 1. The number of aliphatic carboxylic acids is 1. The molecule has 19 heavy (non-hydrogen) atoms. The number of carbonyl (C=O) groups is 1. The van der Waals surface area contributed by atoms with Gasteiger partial charge in [0.15, 0.2) is 0 Å². The van der Waals surface area contributed by atoms with Gasteiger partial charge >= 0.3 is 5.97 Å². The molecule has 0 aromatic rings. The number of nitrogens with zero attached hydrogens (tertiary/aromatic N) is 2. The summed E-state index contributed by atoms with van der Waals surface area (Å²) in [4.78, 5) is 13.1. The molecule has 0 spiro atoms. The number of carboxylic acid groups (broad SMARTS) is 1. The van der Waals surface area contributed by atoms with Crippen molar-refractivity contribution < 1.29 is 9.90 Å². The number of hydrogen-bond donors (Lipinski definition) is 2. The lowest BCUT2D eigenvalue weighted by atomic mass is 9.93. The van der Waals surface area contributed by atoms with E-state index in [1.165, 1.54) is 25.7 Å². The van der Waals surface area contributed by atoms with Gasteiger partial charge in [-0.1, -0.05) is 12.8 Å². The topological polar surface area (TPSA) is 76.4 Å². The first-order valence-electron chi connectivity index (χ1n) is 7.24. The minimum Gasteiger partial charge on any atom is -0.481 e. The van der Waals surface area contributed by atoms with Crippen molar-refractivity contribution in [3.8, 4) is 6.07 Å². The Balaban J connectivity index is 1.83. The molecule has 5 nitrogen and oxygen atoms in total. The van der Waals surface area contributed by atoms with Crippen LogP contribution in [0.3, 0.4) is 0 Å². The van der Waals surface area contributed by atoms with Gasteiger partial charge in [0.25, 0.3) is 0 Å². The third kappa shape index (κ3) is 4.19. The second kappa shape index (κ2) is 6.88. The van der Waals surface area contributed by atoms with E-state index in [1.54, 1.807) is 0 Å². The molecule has 2 fully saturated rings. The van der Waals surface area contributed by atoms with Crippen molar-refractivity contribution >= 4 is 5.97 Å². The zero-order chi connectivity index (χ0) is 13.7. The molecule has 1 aliphatic heterocycles. The van der Waals surface area contributed by atoms with Gasteiger partial charge in [-0.05, 0) is 31.7 Å². The van der Waals surface area contributed by atoms with Crippen LogP contribution in [0.4, 0.5) is 0 Å². The number of nitrogens with one attached hydrogen (secondary N) is 1. The van der Waals surface area contributed by atoms with Crippen LogP contribution in [-0.4, -0.2) is 48.2 Å². The first-order chi connectivity index (χ1) is 9.19. The lowest BCUT2D eigenvalue weighted by Gasteiger charge is -2.35. The van der Waals surface area contributed by atoms with Crippen LogP contribution in [0.15, 0.2) is 0 Å². The van der Waals surface area contributed by atoms with E-state index in [-0.39, 0.29) is 12.0 Å². The number of hydrogen-bond acceptors (Lipinski definition) is 4. The van der Waals surface area contributed by atoms with Crippen LogP contribution in [0.2, 0.25) is 0 Å². The molecular formula is C14H23N3O2. The molecule has 5 heteroatoms. The second-order valence-electron chi connectivity index (χ2n) is 5.88. The predicted molar refractivity (Wildman–Crippen MR) is 71.5 cm³/mol. The maximum absolute atomic E-state index is 11.2. The van der Waals surface area contributed by atoms with E-state index in [1.807, 2.05) is 4.90 Å². The van der Waals surface area contributed by atoms with Crippen LogP contribution in [0.25, 0.3) is 0 Å². The van der Waals surface area contributed by atoms with Gasteiger partial charge in [-0.2, -0.15) is 5.26 Å². The van der Waals surface area contributed by atoms with Crippen LogP contribution in [0, 0.1) is 23.2 Å². The third-order valence-corrected chi connectivity index (χ3v) is 4.34. The quantitative estimate of drug-likeness (QED) is 0.727. The standard InChI is InChI=1S/C14H23N3O2/c15-5-6-17-9-12(14(18)19)7-13(10-17)16-8-11-3-1-2-4-11/h11-13,16H,1-4,6-10H2,(H,18,19). The Bertz CT molecular complexity index is 347. The van der Waals surface area contributed by atoms with Crippen LogP contribution < -0.4 is 5.32 Å². The molecule has 2 atom stereocenters. The van der Waals surface area contributed by atoms with Crippen molar-refractivity contribution in [2.75, 3.05) is 26.2 Å². The minimum atomic E-state index is -0.740. The maximum atomic E-state index is 11.2. The van der Waals surface area contributed by atoms with E-state index in [2.05, 4.69) is 11.4 Å². The van der Waals surface area contributed by atoms with Crippen LogP contribution >= 0.6 is 0 Å². The molecule has 1 saturated carbocycles. The largest absolute Gasteiger partial charge is 0.481 e. The maximum Gasteiger partial charge on any atom is 0.307 e. The SMILES string of the molecule is N#CCN1CC(NCC2CCCC2)CC(C(=O)O)C1. The van der Waals surface area contributed by atoms with Crippen molar-refractivity contribution in [2.45, 2.75) is 38.1 Å². The first kappa shape index (κ1) is 14.3. The molecule has 0 aromatic heterocycles. The van der Waals surface area contributed by atoms with E-state index < -0.39 is 5.97 Å². The normalized spacial score (nSPS) is 29.2. The van der Waals surface area contributed by atoms with Gasteiger partial charge in [0, 0.05) is 19.1 Å². The molecular weight excluding hydrogens is 242 g/mol. The summed E-state index contributed by atoms with van der Waals surface area (Å²) in [7, 11) is 0. The molecule has 0 bridgehead atoms. The summed E-state index contributed by atoms with van der Waals surface area (Å²) < 4.78 is 0. The van der Waals surface area contributed by atoms with E-state index in [4.69, 9.17) is 5.26 Å². The van der Waals surface area contributed by atoms with Gasteiger partial charge in [0.1, 0.15) is 0 Å². The molecule has 2 rings (SSSR count). The smallest absolute Gasteiger partial charge is 0.307 e. The van der Waals surface area contributed by atoms with Crippen molar-refractivity contribution in [1.29, 1.82) is 5.26 Å². The summed E-state index contributed by atoms with van der Waals surface area (Å²) in [5.74, 6) is -0.326. The number of piperidine rings is 1. The average Bonchev–Trinajstić information content (AvgIpc) is 2.89. The second-order valence-corrected chi connectivity index (χ2v) is 5.88. The lowest BCUT2D eigenvalue weighted by Crippen LogP contribution is -2.51. The molecule has 0 amide bonds. The Morgan fingerprint density at radius 3 is 2.74 bits per heavy atom. The molecule has 1 aliphatic carbocycles. The highest BCUT2D eigenvalue weighted by Crippen LogP contribution is 2.24. The summed E-state index contributed by atoms with van der Waals surface area (Å²) in [5.41, 5.74) is 0. The Hall–Kier alpha value is -1.12. The molecule has 2 aliphatic rings. The molecule has 0 radical (unpaired) electrons. The van der Waals surface area contributed by atoms with Gasteiger partial charge in [0.2, 0.25) is 0 Å². The fourth-order valence-corrected chi connectivity index (χ4v) is 3.29. The molecule has 2 N–H and O–H groups in total. The van der Waals surface area contributed by atoms with E-state index in [9.17, 15) is 9.90 Å². The average molecular weight is 265 g/mol. The first-order valence-corrected chi connectivity index (χ1v) is 7.24. The highest BCUT2D eigenvalue weighted by molar-refractivity contribution is 5.70. The molecule has 1 heterocycles. The fourth-order valence-electron chi connectivity index (χ4n) is 3.29. The number of likely N-dealkylation sites (tertiary alicyclic amines) is 1. The molecule has 1 saturated heterocycles. The molecule has 0 aromatic carbocycles. The fraction of sp³-hybridized carbons (Fsp3) is 0.857. The van der Waals surface area contributed by atoms with Crippen molar-refractivity contribution in [2.24, 2.45) is 11.8 Å². The minimum absolute atomic E-state index is 0.212. The van der Waals surface area contributed by atoms with Crippen molar-refractivity contribution in [1.82, 2.24) is 10.2 Å². The van der Waals surface area contributed by atoms with Crippen LogP contribution in [-0.2, 0) is 4.79 Å². The van der Waals surface area contributed by atoms with Gasteiger partial charge in [-0.25, -0.2) is 0 Å². The summed E-state index contributed by atoms with van der Waals surface area (Å²) in [6, 6.07) is 2.33. The Labute approximate surface area is 114 Å². The predicted octanol–water partition coefficient (Wildman–Crippen LogP) is 1.06. The Morgan fingerprint density at radius 1 is 1.37 bits per heavy atom. The van der Waals surface area contributed by atoms with Crippen molar-refractivity contribution in [3.05, 3.63) is 0 Å². The van der Waals surface area contributed by atoms with Gasteiger partial charge < -0.3 is 10.4 Å². The zero-order valence-electron chi connectivity index (χ0n) is 11.3. The highest BCUT2D eigenvalue weighted by Gasteiger charge is 2.31. The third-order valence-electron chi connectivity index (χ3n) is 4.34. The monoisotopic (exact) mass is 265 g/mol. The van der Waals surface area contributed by atoms with E-state index >= 15 is 0 Å². The zero-order valence-corrected chi connectivity index (χ0v) is 11.3. The van der Waals surface area contributed by atoms with Crippen LogP contribution in [0.1, 0.15) is 32.1 Å². The Morgan fingerprint density at radius 2 is 2.11 bits per heavy atom. The summed E-state index contributed by atoms with van der Waals surface area (Å²) in [5, 5.41) is 21.5. The lowest BCUT2D eigenvalue weighted by molar-refractivity contribution is -0.143. The van der Waals surface area contributed by atoms with Gasteiger partial charge in [-0.15, -0.1) is 0 Å². The number of carboxylic acids is 1. The van der Waals surface area contributed by atoms with E-state index in [0.29, 0.717) is 19.5 Å². The summed E-state index contributed by atoms with van der Waals surface area (Å²) in [6.07, 6.45) is 5.93. The van der Waals surface area contributed by atoms with E-state index in [0.717, 1.165) is 19.0 Å². The van der Waals surface area contributed by atoms with Gasteiger partial charge in [0.05, 0.1) is 18.5 Å². The molecule has 106 valence electrons. The number of rotatable bonds is 5. The molecule has 2 unspecified atom stereocenters. The highest BCUT2D eigenvalue weighted by atomic mass is 16.4. The van der Waals surface area contributed by atoms with Crippen molar-refractivity contribution in [3.63, 3.8) is 0 Å². The van der Waals surface area contributed by atoms with Crippen LogP contribution in [0.5, 0.6) is 0 Å². The summed E-state index contributed by atoms with van der Waals surface area (Å²) in [6.45, 7) is 2.62. The Kier molecular flexibility index (Phi) is 5.17. The van der Waals surface area contributed by atoms with Gasteiger partial charge in [-0.3, -0.25) is 9.69 Å². The summed E-state index contributed by atoms with van der Waals surface area (Å²) >= 11 is 0.